The number of hydrogen-bond acceptors (Lipinski definition) is 3. The van der Waals surface area contributed by atoms with Crippen LogP contribution in [-0.4, -0.2) is 21.1 Å². The Bertz CT molecular complexity index is 831. The number of aryl methyl sites for hydroxylation is 3. The topological polar surface area (TPSA) is 59.9 Å². The summed E-state index contributed by atoms with van der Waals surface area (Å²) in [4.78, 5) is 19.7. The SMILES string of the molecule is Cc1ccc(OCCCn2cnc3[nH]c(C)cc3c2=O)cc1. The molecule has 0 saturated heterocycles. The number of nitrogens with one attached hydrogen (secondary N) is 1. The van der Waals surface area contributed by atoms with Crippen LogP contribution in [0.3, 0.4) is 0 Å². The van der Waals surface area contributed by atoms with Gasteiger partial charge in [0.15, 0.2) is 0 Å². The third kappa shape index (κ3) is 3.03. The van der Waals surface area contributed by atoms with Crippen LogP contribution in [0.4, 0.5) is 0 Å². The first-order chi connectivity index (χ1) is 10.6. The predicted octanol–water partition coefficient (Wildman–Crippen LogP) is 2.81. The van der Waals surface area contributed by atoms with Gasteiger partial charge >= 0.3 is 0 Å². The summed E-state index contributed by atoms with van der Waals surface area (Å²) in [7, 11) is 0. The number of aromatic amines is 1. The highest BCUT2D eigenvalue weighted by molar-refractivity contribution is 5.74. The van der Waals surface area contributed by atoms with Crippen molar-refractivity contribution in [3.63, 3.8) is 0 Å². The number of H-pyrrole nitrogens is 1. The highest BCUT2D eigenvalue weighted by Gasteiger charge is 2.06. The molecular weight excluding hydrogens is 278 g/mol. The molecule has 5 nitrogen and oxygen atoms in total. The van der Waals surface area contributed by atoms with Crippen LogP contribution in [-0.2, 0) is 6.54 Å². The molecule has 114 valence electrons. The number of rotatable bonds is 5. The lowest BCUT2D eigenvalue weighted by Gasteiger charge is -2.08. The standard InChI is InChI=1S/C17H19N3O2/c1-12-4-6-14(7-5-12)22-9-3-8-20-11-18-16-15(17(20)21)10-13(2)19-16/h4-7,10-11,19H,3,8-9H2,1-2H3. The number of hydrogen-bond donors (Lipinski definition) is 1. The van der Waals surface area contributed by atoms with E-state index in [2.05, 4.69) is 9.97 Å². The highest BCUT2D eigenvalue weighted by Crippen LogP contribution is 2.11. The first-order valence-corrected chi connectivity index (χ1v) is 7.38. The van der Waals surface area contributed by atoms with Crippen LogP contribution in [0.15, 0.2) is 41.5 Å². The molecule has 5 heteroatoms. The first kappa shape index (κ1) is 14.4. The van der Waals surface area contributed by atoms with Crippen molar-refractivity contribution in [1.29, 1.82) is 0 Å². The Balaban J connectivity index is 1.61. The summed E-state index contributed by atoms with van der Waals surface area (Å²) in [6, 6.07) is 9.79. The molecule has 0 radical (unpaired) electrons. The minimum atomic E-state index is -0.00955. The van der Waals surface area contributed by atoms with E-state index in [9.17, 15) is 4.79 Å². The van der Waals surface area contributed by atoms with E-state index >= 15 is 0 Å². The quantitative estimate of drug-likeness (QED) is 0.737. The van der Waals surface area contributed by atoms with Gasteiger partial charge in [0.25, 0.3) is 5.56 Å². The van der Waals surface area contributed by atoms with Crippen LogP contribution < -0.4 is 10.3 Å². The van der Waals surface area contributed by atoms with E-state index in [-0.39, 0.29) is 5.56 Å². The summed E-state index contributed by atoms with van der Waals surface area (Å²) >= 11 is 0. The third-order valence-electron chi connectivity index (χ3n) is 3.58. The molecule has 0 aliphatic heterocycles. The molecule has 0 aliphatic carbocycles. The number of fused-ring (bicyclic) bond motifs is 1. The van der Waals surface area contributed by atoms with Gasteiger partial charge in [0.05, 0.1) is 18.3 Å². The molecule has 0 saturated carbocycles. The van der Waals surface area contributed by atoms with Gasteiger partial charge in [-0.1, -0.05) is 17.7 Å². The van der Waals surface area contributed by atoms with Crippen molar-refractivity contribution < 1.29 is 4.74 Å². The van der Waals surface area contributed by atoms with Gasteiger partial charge in [-0.3, -0.25) is 9.36 Å². The molecule has 0 atom stereocenters. The van der Waals surface area contributed by atoms with Crippen LogP contribution in [0.2, 0.25) is 0 Å². The van der Waals surface area contributed by atoms with E-state index in [1.54, 1.807) is 10.9 Å². The Morgan fingerprint density at radius 1 is 1.23 bits per heavy atom. The number of aromatic nitrogens is 3. The van der Waals surface area contributed by atoms with Gasteiger partial charge in [-0.2, -0.15) is 0 Å². The van der Waals surface area contributed by atoms with E-state index in [4.69, 9.17) is 4.74 Å². The van der Waals surface area contributed by atoms with Crippen LogP contribution in [0.25, 0.3) is 11.0 Å². The number of ether oxygens (including phenoxy) is 1. The third-order valence-corrected chi connectivity index (χ3v) is 3.58. The van der Waals surface area contributed by atoms with Crippen LogP contribution in [0.1, 0.15) is 17.7 Å². The summed E-state index contributed by atoms with van der Waals surface area (Å²) in [5.74, 6) is 0.854. The van der Waals surface area contributed by atoms with Crippen LogP contribution in [0.5, 0.6) is 5.75 Å². The molecule has 3 aromatic rings. The summed E-state index contributed by atoms with van der Waals surface area (Å²) in [5, 5.41) is 0.638. The molecule has 0 bridgehead atoms. The monoisotopic (exact) mass is 297 g/mol. The highest BCUT2D eigenvalue weighted by atomic mass is 16.5. The van der Waals surface area contributed by atoms with Gasteiger partial charge in [-0.15, -0.1) is 0 Å². The Hall–Kier alpha value is -2.56. The van der Waals surface area contributed by atoms with Crippen molar-refractivity contribution >= 4 is 11.0 Å². The van der Waals surface area contributed by atoms with Gasteiger partial charge in [0, 0.05) is 12.2 Å². The molecule has 1 N–H and O–H groups in total. The summed E-state index contributed by atoms with van der Waals surface area (Å²) < 4.78 is 7.31. The van der Waals surface area contributed by atoms with Gasteiger partial charge < -0.3 is 9.72 Å². The van der Waals surface area contributed by atoms with E-state index in [0.717, 1.165) is 17.9 Å². The van der Waals surface area contributed by atoms with E-state index in [1.165, 1.54) is 5.56 Å². The lowest BCUT2D eigenvalue weighted by Crippen LogP contribution is -2.21. The molecule has 0 unspecified atom stereocenters. The fourth-order valence-corrected chi connectivity index (χ4v) is 2.39. The molecule has 22 heavy (non-hydrogen) atoms. The molecular formula is C17H19N3O2. The molecule has 0 aliphatic rings. The van der Waals surface area contributed by atoms with Crippen molar-refractivity contribution in [2.75, 3.05) is 6.61 Å². The molecule has 0 fully saturated rings. The maximum absolute atomic E-state index is 12.3. The average molecular weight is 297 g/mol. The molecule has 2 heterocycles. The summed E-state index contributed by atoms with van der Waals surface area (Å²) in [6.45, 7) is 5.13. The predicted molar refractivity (Wildman–Crippen MR) is 86.4 cm³/mol. The summed E-state index contributed by atoms with van der Waals surface area (Å²) in [6.07, 6.45) is 2.34. The van der Waals surface area contributed by atoms with E-state index in [1.807, 2.05) is 44.2 Å². The van der Waals surface area contributed by atoms with Crippen molar-refractivity contribution in [2.45, 2.75) is 26.8 Å². The zero-order valence-electron chi connectivity index (χ0n) is 12.8. The molecule has 0 amide bonds. The maximum atomic E-state index is 12.3. The second-order valence-electron chi connectivity index (χ2n) is 5.47. The maximum Gasteiger partial charge on any atom is 0.262 e. The first-order valence-electron chi connectivity index (χ1n) is 7.38. The average Bonchev–Trinajstić information content (AvgIpc) is 2.89. The largest absolute Gasteiger partial charge is 0.494 e. The van der Waals surface area contributed by atoms with Gasteiger partial charge in [0.1, 0.15) is 11.4 Å². The number of benzene rings is 1. The van der Waals surface area contributed by atoms with Crippen molar-refractivity contribution in [3.05, 3.63) is 58.3 Å². The molecule has 2 aromatic heterocycles. The zero-order valence-corrected chi connectivity index (χ0v) is 12.8. The van der Waals surface area contributed by atoms with Crippen molar-refractivity contribution in [3.8, 4) is 5.75 Å². The second kappa shape index (κ2) is 6.05. The van der Waals surface area contributed by atoms with Crippen molar-refractivity contribution in [1.82, 2.24) is 14.5 Å². The minimum absolute atomic E-state index is 0.00955. The lowest BCUT2D eigenvalue weighted by molar-refractivity contribution is 0.300. The Morgan fingerprint density at radius 2 is 2.00 bits per heavy atom. The molecule has 0 spiro atoms. The number of nitrogens with zero attached hydrogens (tertiary/aromatic N) is 2. The van der Waals surface area contributed by atoms with Gasteiger partial charge in [-0.25, -0.2) is 4.98 Å². The molecule has 3 rings (SSSR count). The fraction of sp³-hybridized carbons (Fsp3) is 0.294. The van der Waals surface area contributed by atoms with Crippen LogP contribution >= 0.6 is 0 Å². The van der Waals surface area contributed by atoms with Crippen LogP contribution in [0, 0.1) is 13.8 Å². The Morgan fingerprint density at radius 3 is 2.77 bits per heavy atom. The second-order valence-corrected chi connectivity index (χ2v) is 5.47. The van der Waals surface area contributed by atoms with Gasteiger partial charge in [-0.05, 0) is 38.5 Å². The lowest BCUT2D eigenvalue weighted by atomic mass is 10.2. The minimum Gasteiger partial charge on any atom is -0.494 e. The van der Waals surface area contributed by atoms with E-state index < -0.39 is 0 Å². The van der Waals surface area contributed by atoms with E-state index in [0.29, 0.717) is 24.2 Å². The van der Waals surface area contributed by atoms with Crippen molar-refractivity contribution in [2.24, 2.45) is 0 Å². The molecule has 1 aromatic carbocycles. The normalized spacial score (nSPS) is 11.0. The smallest absolute Gasteiger partial charge is 0.262 e. The van der Waals surface area contributed by atoms with Gasteiger partial charge in [0.2, 0.25) is 0 Å². The Labute approximate surface area is 128 Å². The zero-order chi connectivity index (χ0) is 15.5. The fourth-order valence-electron chi connectivity index (χ4n) is 2.39. The summed E-state index contributed by atoms with van der Waals surface area (Å²) in [5.41, 5.74) is 2.79. The Kier molecular flexibility index (Phi) is 3.96.